The fourth-order valence-corrected chi connectivity index (χ4v) is 11.7. The van der Waals surface area contributed by atoms with Gasteiger partial charge in [-0.1, -0.05) is 62.4 Å². The highest BCUT2D eigenvalue weighted by Crippen LogP contribution is 2.64. The molecule has 4 atom stereocenters. The Bertz CT molecular complexity index is 1440. The van der Waals surface area contributed by atoms with Gasteiger partial charge in [-0.25, -0.2) is 0 Å². The van der Waals surface area contributed by atoms with E-state index in [1.54, 1.807) is 18.0 Å². The van der Waals surface area contributed by atoms with E-state index >= 15 is 0 Å². The van der Waals surface area contributed by atoms with Gasteiger partial charge in [0.2, 0.25) is 0 Å². The summed E-state index contributed by atoms with van der Waals surface area (Å²) in [4.78, 5) is 18.6. The summed E-state index contributed by atoms with van der Waals surface area (Å²) in [7, 11) is 2.29. The molecule has 4 fully saturated rings. The first kappa shape index (κ1) is 27.3. The van der Waals surface area contributed by atoms with E-state index in [-0.39, 0.29) is 10.8 Å². The summed E-state index contributed by atoms with van der Waals surface area (Å²) in [5, 5.41) is 0. The van der Waals surface area contributed by atoms with Crippen LogP contribution < -0.4 is 10.9 Å². The standard InChI is InChI=1S/C35H40N4P2/c1-34(2,28-6-4-3-5-7-28)29-8-9-30(35-18-24-14-25(19-35)16-26(15-24)31(35)22-40)27(17-29)23-41(32-20-36-10-12-38-32)33-21-37-11-13-39-33/h3-13,17,20-21,24-26,31H,14-16,18-19,22-23,40H2,1-2H3. The lowest BCUT2D eigenvalue weighted by molar-refractivity contribution is -0.0520. The minimum Gasteiger partial charge on any atom is -0.261 e. The molecule has 0 aliphatic heterocycles. The van der Waals surface area contributed by atoms with Gasteiger partial charge in [-0.3, -0.25) is 19.9 Å². The second-order valence-electron chi connectivity index (χ2n) is 13.2. The molecular formula is C35H40N4P2. The molecule has 0 N–H and O–H groups in total. The van der Waals surface area contributed by atoms with E-state index in [1.807, 2.05) is 24.8 Å². The highest BCUT2D eigenvalue weighted by Gasteiger charge is 2.57. The molecule has 4 aromatic rings. The summed E-state index contributed by atoms with van der Waals surface area (Å²) in [6.07, 6.45) is 20.2. The monoisotopic (exact) mass is 578 g/mol. The van der Waals surface area contributed by atoms with Gasteiger partial charge in [-0.2, -0.15) is 0 Å². The van der Waals surface area contributed by atoms with Gasteiger partial charge in [0.05, 0.1) is 23.3 Å². The predicted molar refractivity (Wildman–Crippen MR) is 172 cm³/mol. The molecule has 41 heavy (non-hydrogen) atoms. The largest absolute Gasteiger partial charge is 0.261 e. The number of hydrogen-bond donors (Lipinski definition) is 0. The van der Waals surface area contributed by atoms with Crippen LogP contribution in [0.2, 0.25) is 0 Å². The molecule has 4 saturated carbocycles. The van der Waals surface area contributed by atoms with Crippen molar-refractivity contribution in [3.63, 3.8) is 0 Å². The molecule has 8 rings (SSSR count). The molecule has 0 amide bonds. The Morgan fingerprint density at radius 1 is 0.829 bits per heavy atom. The Morgan fingerprint density at radius 2 is 1.49 bits per heavy atom. The highest BCUT2D eigenvalue weighted by molar-refractivity contribution is 7.71. The Labute approximate surface area is 248 Å². The lowest BCUT2D eigenvalue weighted by Gasteiger charge is -2.62. The Hall–Kier alpha value is -2.54. The van der Waals surface area contributed by atoms with Gasteiger partial charge in [0, 0.05) is 44.3 Å². The number of rotatable bonds is 8. The van der Waals surface area contributed by atoms with E-state index in [0.717, 1.165) is 40.7 Å². The first-order chi connectivity index (χ1) is 20.0. The van der Waals surface area contributed by atoms with Crippen LogP contribution in [0.4, 0.5) is 0 Å². The minimum absolute atomic E-state index is 0.0993. The van der Waals surface area contributed by atoms with Gasteiger partial charge < -0.3 is 0 Å². The third-order valence-electron chi connectivity index (χ3n) is 10.6. The van der Waals surface area contributed by atoms with E-state index in [9.17, 15) is 0 Å². The van der Waals surface area contributed by atoms with Crippen LogP contribution in [0.25, 0.3) is 0 Å². The van der Waals surface area contributed by atoms with Crippen LogP contribution in [0, 0.1) is 23.7 Å². The normalized spacial score (nSPS) is 26.9. The van der Waals surface area contributed by atoms with Crippen LogP contribution in [0.1, 0.15) is 68.2 Å². The fourth-order valence-electron chi connectivity index (χ4n) is 8.91. The molecule has 2 aromatic heterocycles. The van der Waals surface area contributed by atoms with E-state index in [1.165, 1.54) is 55.0 Å². The molecule has 210 valence electrons. The van der Waals surface area contributed by atoms with Crippen molar-refractivity contribution in [1.29, 1.82) is 0 Å². The quantitative estimate of drug-likeness (QED) is 0.216. The molecule has 4 aliphatic rings. The predicted octanol–water partition coefficient (Wildman–Crippen LogP) is 6.79. The third-order valence-corrected chi connectivity index (χ3v) is 13.3. The van der Waals surface area contributed by atoms with Crippen LogP contribution in [0.3, 0.4) is 0 Å². The maximum atomic E-state index is 4.82. The summed E-state index contributed by atoms with van der Waals surface area (Å²) in [6.45, 7) is 4.73. The molecule has 2 aromatic carbocycles. The van der Waals surface area contributed by atoms with E-state index in [4.69, 9.17) is 9.97 Å². The molecule has 0 spiro atoms. The van der Waals surface area contributed by atoms with Gasteiger partial charge in [-0.15, -0.1) is 9.24 Å². The first-order valence-corrected chi connectivity index (χ1v) is 17.5. The Morgan fingerprint density at radius 3 is 2.07 bits per heavy atom. The smallest absolute Gasteiger partial charge is 0.0877 e. The summed E-state index contributed by atoms with van der Waals surface area (Å²) in [5.41, 5.74) is 8.04. The lowest BCUT2D eigenvalue weighted by Crippen LogP contribution is -2.56. The topological polar surface area (TPSA) is 51.6 Å². The molecule has 2 heterocycles. The highest BCUT2D eigenvalue weighted by atomic mass is 31.1. The Kier molecular flexibility index (Phi) is 7.29. The zero-order valence-electron chi connectivity index (χ0n) is 24.2. The number of benzene rings is 2. The summed E-state index contributed by atoms with van der Waals surface area (Å²) in [5.74, 6) is 3.38. The third kappa shape index (κ3) is 4.86. The minimum atomic E-state index is -0.858. The zero-order valence-corrected chi connectivity index (χ0v) is 26.2. The van der Waals surface area contributed by atoms with Crippen LogP contribution in [0.5, 0.6) is 0 Å². The SMILES string of the molecule is CC(C)(c1ccccc1)c1ccc(C23CC4CC(CC(C4)C2CP)C3)c(CP(c2cnccn2)c2cnccn2)c1. The van der Waals surface area contributed by atoms with Crippen molar-refractivity contribution >= 4 is 28.0 Å². The van der Waals surface area contributed by atoms with Gasteiger partial charge in [-0.05, 0) is 89.6 Å². The molecular weight excluding hydrogens is 538 g/mol. The average molecular weight is 579 g/mol. The number of nitrogens with zero attached hydrogens (tertiary/aromatic N) is 4. The van der Waals surface area contributed by atoms with Gasteiger partial charge in [0.15, 0.2) is 0 Å². The van der Waals surface area contributed by atoms with Crippen molar-refractivity contribution in [2.75, 3.05) is 6.16 Å². The van der Waals surface area contributed by atoms with Crippen LogP contribution in [0.15, 0.2) is 85.7 Å². The Balaban J connectivity index is 1.39. The van der Waals surface area contributed by atoms with Crippen molar-refractivity contribution in [3.05, 3.63) is 108 Å². The van der Waals surface area contributed by atoms with Crippen molar-refractivity contribution in [1.82, 2.24) is 19.9 Å². The second-order valence-corrected chi connectivity index (χ2v) is 15.7. The molecule has 4 aliphatic carbocycles. The number of aromatic nitrogens is 4. The summed E-state index contributed by atoms with van der Waals surface area (Å²) in [6, 6.07) is 18.5. The maximum absolute atomic E-state index is 4.82. The second kappa shape index (κ2) is 10.9. The van der Waals surface area contributed by atoms with Crippen molar-refractivity contribution in [3.8, 4) is 0 Å². The molecule has 0 saturated heterocycles. The van der Waals surface area contributed by atoms with Crippen molar-refractivity contribution in [2.45, 2.75) is 62.9 Å². The maximum Gasteiger partial charge on any atom is 0.0877 e. The molecule has 6 heteroatoms. The van der Waals surface area contributed by atoms with Gasteiger partial charge >= 0.3 is 0 Å². The van der Waals surface area contributed by atoms with Gasteiger partial charge in [0.1, 0.15) is 0 Å². The average Bonchev–Trinajstić information content (AvgIpc) is 3.00. The lowest BCUT2D eigenvalue weighted by atomic mass is 9.43. The van der Waals surface area contributed by atoms with Crippen LogP contribution in [-0.2, 0) is 17.0 Å². The van der Waals surface area contributed by atoms with E-state index in [0.29, 0.717) is 0 Å². The summed E-state index contributed by atoms with van der Waals surface area (Å²) < 4.78 is 0. The fraction of sp³-hybridized carbons (Fsp3) is 0.429. The van der Waals surface area contributed by atoms with Gasteiger partial charge in [0.25, 0.3) is 0 Å². The van der Waals surface area contributed by atoms with Crippen molar-refractivity contribution in [2.24, 2.45) is 23.7 Å². The zero-order chi connectivity index (χ0) is 28.0. The van der Waals surface area contributed by atoms with Crippen LogP contribution >= 0.6 is 17.2 Å². The summed E-state index contributed by atoms with van der Waals surface area (Å²) >= 11 is 0. The number of hydrogen-bond acceptors (Lipinski definition) is 4. The van der Waals surface area contributed by atoms with E-state index in [2.05, 4.69) is 81.6 Å². The van der Waals surface area contributed by atoms with Crippen LogP contribution in [-0.4, -0.2) is 26.1 Å². The van der Waals surface area contributed by atoms with Crippen molar-refractivity contribution < 1.29 is 0 Å². The molecule has 0 radical (unpaired) electrons. The van der Waals surface area contributed by atoms with E-state index < -0.39 is 7.92 Å². The molecule has 4 nitrogen and oxygen atoms in total. The molecule has 4 unspecified atom stereocenters. The molecule has 4 bridgehead atoms. The first-order valence-electron chi connectivity index (χ1n) is 15.2.